The highest BCUT2D eigenvalue weighted by Gasteiger charge is 2.13. The topological polar surface area (TPSA) is 20.2 Å². The molecular weight excluding hydrogens is 228 g/mol. The molecule has 0 fully saturated rings. The van der Waals surface area contributed by atoms with Gasteiger partial charge in [0.1, 0.15) is 0 Å². The first-order valence-electron chi connectivity index (χ1n) is 6.14. The van der Waals surface area contributed by atoms with Gasteiger partial charge in [0.2, 0.25) is 0 Å². The largest absolute Gasteiger partial charge is 0.388 e. The van der Waals surface area contributed by atoms with Gasteiger partial charge in [0.05, 0.1) is 6.10 Å². The molecule has 1 N–H and O–H groups in total. The van der Waals surface area contributed by atoms with Crippen molar-refractivity contribution < 1.29 is 5.11 Å². The Labute approximate surface area is 106 Å². The van der Waals surface area contributed by atoms with Crippen molar-refractivity contribution in [1.29, 1.82) is 0 Å². The normalized spacial score (nSPS) is 15.8. The number of aryl methyl sites for hydroxylation is 2. The first kappa shape index (κ1) is 11.0. The molecule has 1 aliphatic rings. The van der Waals surface area contributed by atoms with Crippen molar-refractivity contribution in [2.75, 3.05) is 0 Å². The van der Waals surface area contributed by atoms with Crippen LogP contribution in [0.1, 0.15) is 34.8 Å². The van der Waals surface area contributed by atoms with Crippen LogP contribution in [0.3, 0.4) is 0 Å². The van der Waals surface area contributed by atoms with Crippen molar-refractivity contribution >= 4 is 11.3 Å². The lowest BCUT2D eigenvalue weighted by molar-refractivity contribution is 0.179. The van der Waals surface area contributed by atoms with E-state index in [9.17, 15) is 5.11 Å². The number of aliphatic hydroxyl groups is 1. The Morgan fingerprint density at radius 3 is 2.88 bits per heavy atom. The highest BCUT2D eigenvalue weighted by molar-refractivity contribution is 7.07. The van der Waals surface area contributed by atoms with Crippen LogP contribution in [-0.4, -0.2) is 5.11 Å². The summed E-state index contributed by atoms with van der Waals surface area (Å²) >= 11 is 1.64. The second kappa shape index (κ2) is 4.63. The number of aliphatic hydroxyl groups excluding tert-OH is 1. The van der Waals surface area contributed by atoms with E-state index in [1.807, 2.05) is 16.8 Å². The van der Waals surface area contributed by atoms with Gasteiger partial charge in [-0.15, -0.1) is 0 Å². The molecule has 0 aliphatic heterocycles. The smallest absolute Gasteiger partial charge is 0.0838 e. The lowest BCUT2D eigenvalue weighted by atomic mass is 10.00. The minimum atomic E-state index is -0.360. The second-order valence-corrected chi connectivity index (χ2v) is 5.51. The summed E-state index contributed by atoms with van der Waals surface area (Å²) in [5.74, 6) is 0. The van der Waals surface area contributed by atoms with Crippen LogP contribution in [-0.2, 0) is 19.3 Å². The van der Waals surface area contributed by atoms with Gasteiger partial charge in [-0.25, -0.2) is 0 Å². The molecule has 88 valence electrons. The van der Waals surface area contributed by atoms with E-state index in [0.717, 1.165) is 12.0 Å². The summed E-state index contributed by atoms with van der Waals surface area (Å²) in [6.45, 7) is 0. The molecule has 0 saturated carbocycles. The van der Waals surface area contributed by atoms with Gasteiger partial charge in [-0.1, -0.05) is 18.2 Å². The van der Waals surface area contributed by atoms with Crippen LogP contribution in [0.5, 0.6) is 0 Å². The van der Waals surface area contributed by atoms with Gasteiger partial charge in [-0.3, -0.25) is 0 Å². The molecule has 1 aliphatic carbocycles. The van der Waals surface area contributed by atoms with Crippen LogP contribution < -0.4 is 0 Å². The van der Waals surface area contributed by atoms with Crippen LogP contribution >= 0.6 is 11.3 Å². The van der Waals surface area contributed by atoms with Gasteiger partial charge in [0.25, 0.3) is 0 Å². The maximum Gasteiger partial charge on any atom is 0.0838 e. The van der Waals surface area contributed by atoms with Crippen LogP contribution in [0.15, 0.2) is 35.0 Å². The fourth-order valence-corrected chi connectivity index (χ4v) is 3.26. The number of benzene rings is 1. The molecule has 2 aromatic rings. The third-order valence-electron chi connectivity index (χ3n) is 3.52. The van der Waals surface area contributed by atoms with Crippen molar-refractivity contribution in [3.05, 3.63) is 57.3 Å². The van der Waals surface area contributed by atoms with E-state index < -0.39 is 0 Å². The fraction of sp³-hybridized carbons (Fsp3) is 0.333. The molecule has 1 atom stereocenters. The van der Waals surface area contributed by atoms with Gasteiger partial charge in [-0.2, -0.15) is 11.3 Å². The van der Waals surface area contributed by atoms with Gasteiger partial charge >= 0.3 is 0 Å². The van der Waals surface area contributed by atoms with Gasteiger partial charge in [0.15, 0.2) is 0 Å². The molecule has 1 aromatic carbocycles. The average Bonchev–Trinajstić information content (AvgIpc) is 2.99. The van der Waals surface area contributed by atoms with E-state index in [-0.39, 0.29) is 6.10 Å². The van der Waals surface area contributed by atoms with Gasteiger partial charge in [0, 0.05) is 6.42 Å². The molecule has 0 radical (unpaired) electrons. The maximum absolute atomic E-state index is 10.1. The second-order valence-electron chi connectivity index (χ2n) is 4.73. The Hall–Kier alpha value is -1.12. The summed E-state index contributed by atoms with van der Waals surface area (Å²) in [7, 11) is 0. The van der Waals surface area contributed by atoms with E-state index in [4.69, 9.17) is 0 Å². The van der Waals surface area contributed by atoms with Gasteiger partial charge in [-0.05, 0) is 58.3 Å². The Balaban J connectivity index is 1.77. The standard InChI is InChI=1S/C15H16OS/c16-15(14-6-7-17-10-14)9-11-4-5-12-2-1-3-13(12)8-11/h4-8,10,15-16H,1-3,9H2. The summed E-state index contributed by atoms with van der Waals surface area (Å²) in [4.78, 5) is 0. The van der Waals surface area contributed by atoms with Crippen LogP contribution in [0, 0.1) is 0 Å². The Morgan fingerprint density at radius 2 is 2.06 bits per heavy atom. The monoisotopic (exact) mass is 244 g/mol. The lowest BCUT2D eigenvalue weighted by Crippen LogP contribution is -2.01. The van der Waals surface area contributed by atoms with Crippen molar-refractivity contribution in [3.8, 4) is 0 Å². The molecule has 0 amide bonds. The van der Waals surface area contributed by atoms with Crippen molar-refractivity contribution in [2.45, 2.75) is 31.8 Å². The van der Waals surface area contributed by atoms with Crippen molar-refractivity contribution in [3.63, 3.8) is 0 Å². The molecule has 1 aromatic heterocycles. The lowest BCUT2D eigenvalue weighted by Gasteiger charge is -2.10. The quantitative estimate of drug-likeness (QED) is 0.876. The van der Waals surface area contributed by atoms with E-state index in [0.29, 0.717) is 0 Å². The Kier molecular flexibility index (Phi) is 3.00. The Bertz CT molecular complexity index is 502. The molecule has 2 heteroatoms. The molecular formula is C15H16OS. The minimum Gasteiger partial charge on any atom is -0.388 e. The zero-order chi connectivity index (χ0) is 11.7. The zero-order valence-electron chi connectivity index (χ0n) is 9.73. The molecule has 1 unspecified atom stereocenters. The SMILES string of the molecule is OC(Cc1ccc2c(c1)CCC2)c1ccsc1. The highest BCUT2D eigenvalue weighted by atomic mass is 32.1. The molecule has 0 spiro atoms. The first-order chi connectivity index (χ1) is 8.33. The molecule has 17 heavy (non-hydrogen) atoms. The summed E-state index contributed by atoms with van der Waals surface area (Å²) in [6, 6.07) is 8.68. The highest BCUT2D eigenvalue weighted by Crippen LogP contribution is 2.26. The van der Waals surface area contributed by atoms with Crippen molar-refractivity contribution in [1.82, 2.24) is 0 Å². The van der Waals surface area contributed by atoms with Gasteiger partial charge < -0.3 is 5.11 Å². The number of hydrogen-bond acceptors (Lipinski definition) is 2. The van der Waals surface area contributed by atoms with Crippen LogP contribution in [0.4, 0.5) is 0 Å². The maximum atomic E-state index is 10.1. The van der Waals surface area contributed by atoms with Crippen LogP contribution in [0.25, 0.3) is 0 Å². The average molecular weight is 244 g/mol. The number of thiophene rings is 1. The van der Waals surface area contributed by atoms with E-state index in [1.165, 1.54) is 36.0 Å². The van der Waals surface area contributed by atoms with Crippen LogP contribution in [0.2, 0.25) is 0 Å². The summed E-state index contributed by atoms with van der Waals surface area (Å²) in [6.07, 6.45) is 4.08. The fourth-order valence-electron chi connectivity index (χ4n) is 2.56. The summed E-state index contributed by atoms with van der Waals surface area (Å²) in [5.41, 5.74) is 5.28. The van der Waals surface area contributed by atoms with Crippen molar-refractivity contribution in [2.24, 2.45) is 0 Å². The summed E-state index contributed by atoms with van der Waals surface area (Å²) < 4.78 is 0. The predicted molar refractivity (Wildman–Crippen MR) is 71.4 cm³/mol. The Morgan fingerprint density at radius 1 is 1.18 bits per heavy atom. The number of fused-ring (bicyclic) bond motifs is 1. The molecule has 1 heterocycles. The van der Waals surface area contributed by atoms with E-state index >= 15 is 0 Å². The third-order valence-corrected chi connectivity index (χ3v) is 4.22. The number of rotatable bonds is 3. The van der Waals surface area contributed by atoms with E-state index in [2.05, 4.69) is 18.2 Å². The zero-order valence-corrected chi connectivity index (χ0v) is 10.5. The summed E-state index contributed by atoms with van der Waals surface area (Å²) in [5, 5.41) is 14.2. The first-order valence-corrected chi connectivity index (χ1v) is 7.08. The van der Waals surface area contributed by atoms with E-state index in [1.54, 1.807) is 11.3 Å². The number of hydrogen-bond donors (Lipinski definition) is 1. The third kappa shape index (κ3) is 2.28. The minimum absolute atomic E-state index is 0.360. The molecule has 1 nitrogen and oxygen atoms in total. The molecule has 0 bridgehead atoms. The molecule has 3 rings (SSSR count). The molecule has 0 saturated heterocycles. The predicted octanol–water partition coefficient (Wildman–Crippen LogP) is 3.51.